The summed E-state index contributed by atoms with van der Waals surface area (Å²) in [6, 6.07) is 2.45. The van der Waals surface area contributed by atoms with Gasteiger partial charge in [-0.1, -0.05) is 0 Å². The molecule has 106 valence electrons. The van der Waals surface area contributed by atoms with E-state index in [1.54, 1.807) is 12.1 Å². The van der Waals surface area contributed by atoms with Gasteiger partial charge in [-0.05, 0) is 31.9 Å². The van der Waals surface area contributed by atoms with Crippen LogP contribution in [0.3, 0.4) is 0 Å². The molecule has 2 N–H and O–H groups in total. The highest BCUT2D eigenvalue weighted by atomic mass is 19.4. The van der Waals surface area contributed by atoms with E-state index in [-0.39, 0.29) is 19.4 Å². The van der Waals surface area contributed by atoms with Gasteiger partial charge in [-0.15, -0.1) is 0 Å². The number of halogens is 3. The van der Waals surface area contributed by atoms with Gasteiger partial charge in [0.15, 0.2) is 0 Å². The topological polar surface area (TPSA) is 54.3 Å². The van der Waals surface area contributed by atoms with Gasteiger partial charge in [0.1, 0.15) is 11.3 Å². The van der Waals surface area contributed by atoms with E-state index in [0.717, 1.165) is 0 Å². The third-order valence-corrected chi connectivity index (χ3v) is 3.20. The van der Waals surface area contributed by atoms with E-state index in [1.807, 2.05) is 0 Å². The minimum absolute atomic E-state index is 0.0201. The predicted molar refractivity (Wildman–Crippen MR) is 61.2 cm³/mol. The van der Waals surface area contributed by atoms with Crippen molar-refractivity contribution in [3.8, 4) is 0 Å². The molecule has 19 heavy (non-hydrogen) atoms. The summed E-state index contributed by atoms with van der Waals surface area (Å²) in [5, 5.41) is 4.89. The monoisotopic (exact) mass is 276 g/mol. The lowest BCUT2D eigenvalue weighted by atomic mass is 10.2. The highest BCUT2D eigenvalue weighted by Gasteiger charge is 2.63. The molecule has 0 aromatic carbocycles. The van der Waals surface area contributed by atoms with Crippen molar-refractivity contribution in [2.75, 3.05) is 0 Å². The van der Waals surface area contributed by atoms with Gasteiger partial charge in [0.2, 0.25) is 5.91 Å². The Kier molecular flexibility index (Phi) is 3.58. The summed E-state index contributed by atoms with van der Waals surface area (Å²) < 4.78 is 43.2. The Balaban J connectivity index is 1.83. The van der Waals surface area contributed by atoms with Gasteiger partial charge in [-0.3, -0.25) is 10.1 Å². The average molecular weight is 276 g/mol. The number of nitrogens with one attached hydrogen (secondary N) is 2. The number of furan rings is 1. The van der Waals surface area contributed by atoms with Crippen LogP contribution in [0.2, 0.25) is 0 Å². The second-order valence-corrected chi connectivity index (χ2v) is 4.74. The van der Waals surface area contributed by atoms with Crippen molar-refractivity contribution in [2.24, 2.45) is 0 Å². The second kappa shape index (κ2) is 4.88. The van der Waals surface area contributed by atoms with Gasteiger partial charge in [0.25, 0.3) is 0 Å². The fourth-order valence-corrected chi connectivity index (χ4v) is 1.86. The number of amides is 1. The lowest BCUT2D eigenvalue weighted by molar-refractivity contribution is -0.168. The zero-order chi connectivity index (χ0) is 14.1. The van der Waals surface area contributed by atoms with E-state index in [9.17, 15) is 18.0 Å². The molecule has 0 aliphatic heterocycles. The first-order valence-corrected chi connectivity index (χ1v) is 5.99. The smallest absolute Gasteiger partial charge is 0.406 e. The fourth-order valence-electron chi connectivity index (χ4n) is 1.86. The lowest BCUT2D eigenvalue weighted by Gasteiger charge is -2.24. The Hall–Kier alpha value is -1.50. The van der Waals surface area contributed by atoms with Gasteiger partial charge in [0.05, 0.1) is 18.8 Å². The van der Waals surface area contributed by atoms with Crippen LogP contribution in [0, 0.1) is 0 Å². The first-order valence-electron chi connectivity index (χ1n) is 5.99. The van der Waals surface area contributed by atoms with Crippen molar-refractivity contribution in [1.82, 2.24) is 10.6 Å². The number of rotatable bonds is 5. The van der Waals surface area contributed by atoms with E-state index in [0.29, 0.717) is 5.76 Å². The lowest BCUT2D eigenvalue weighted by Crippen LogP contribution is -2.53. The molecule has 4 nitrogen and oxygen atoms in total. The maximum atomic E-state index is 12.7. The Morgan fingerprint density at radius 3 is 2.68 bits per heavy atom. The van der Waals surface area contributed by atoms with E-state index in [2.05, 4.69) is 10.6 Å². The van der Waals surface area contributed by atoms with Crippen LogP contribution < -0.4 is 10.6 Å². The van der Waals surface area contributed by atoms with Crippen molar-refractivity contribution < 1.29 is 22.4 Å². The average Bonchev–Trinajstić information content (AvgIpc) is 2.93. The quantitative estimate of drug-likeness (QED) is 0.864. The van der Waals surface area contributed by atoms with Gasteiger partial charge in [-0.25, -0.2) is 0 Å². The number of alkyl halides is 3. The van der Waals surface area contributed by atoms with Crippen molar-refractivity contribution in [1.29, 1.82) is 0 Å². The molecule has 1 aromatic heterocycles. The molecule has 1 unspecified atom stereocenters. The molecule has 1 fully saturated rings. The molecule has 1 atom stereocenters. The highest BCUT2D eigenvalue weighted by molar-refractivity contribution is 5.81. The molecule has 1 aromatic rings. The first kappa shape index (κ1) is 13.9. The summed E-state index contributed by atoms with van der Waals surface area (Å²) in [6.07, 6.45) is -2.81. The van der Waals surface area contributed by atoms with E-state index >= 15 is 0 Å². The van der Waals surface area contributed by atoms with Crippen LogP contribution in [-0.4, -0.2) is 23.7 Å². The van der Waals surface area contributed by atoms with E-state index in [4.69, 9.17) is 4.42 Å². The molecule has 0 radical (unpaired) electrons. The SMILES string of the molecule is CC(NC1(C(F)(F)F)CC1)C(=O)NCc1ccco1. The number of hydrogen-bond acceptors (Lipinski definition) is 3. The third-order valence-electron chi connectivity index (χ3n) is 3.20. The molecule has 1 amide bonds. The van der Waals surface area contributed by atoms with E-state index in [1.165, 1.54) is 13.2 Å². The summed E-state index contributed by atoms with van der Waals surface area (Å²) in [4.78, 5) is 11.7. The summed E-state index contributed by atoms with van der Waals surface area (Å²) in [6.45, 7) is 1.58. The molecule has 7 heteroatoms. The molecule has 2 rings (SSSR count). The third kappa shape index (κ3) is 3.09. The minimum atomic E-state index is -4.32. The second-order valence-electron chi connectivity index (χ2n) is 4.74. The largest absolute Gasteiger partial charge is 0.467 e. The van der Waals surface area contributed by atoms with Gasteiger partial charge in [0, 0.05) is 0 Å². The summed E-state index contributed by atoms with van der Waals surface area (Å²) in [5.41, 5.74) is -1.88. The van der Waals surface area contributed by atoms with Crippen LogP contribution >= 0.6 is 0 Å². The normalized spacial score (nSPS) is 18.9. The zero-order valence-corrected chi connectivity index (χ0v) is 10.4. The van der Waals surface area contributed by atoms with Crippen molar-refractivity contribution in [2.45, 2.75) is 44.1 Å². The zero-order valence-electron chi connectivity index (χ0n) is 10.4. The standard InChI is InChI=1S/C12H15F3N2O2/c1-8(17-11(4-5-11)12(13,14)15)10(18)16-7-9-3-2-6-19-9/h2-3,6,8,17H,4-5,7H2,1H3,(H,16,18). The number of carbonyl (C=O) groups is 1. The molecular formula is C12H15F3N2O2. The minimum Gasteiger partial charge on any atom is -0.467 e. The summed E-state index contributed by atoms with van der Waals surface area (Å²) >= 11 is 0. The van der Waals surface area contributed by atoms with E-state index < -0.39 is 23.7 Å². The Labute approximate surface area is 108 Å². The summed E-state index contributed by atoms with van der Waals surface area (Å²) in [5.74, 6) is 0.0735. The van der Waals surface area contributed by atoms with Crippen LogP contribution in [-0.2, 0) is 11.3 Å². The molecule has 1 heterocycles. The molecule has 1 aliphatic rings. The Morgan fingerprint density at radius 1 is 1.53 bits per heavy atom. The summed E-state index contributed by atoms with van der Waals surface area (Å²) in [7, 11) is 0. The molecule has 0 bridgehead atoms. The van der Waals surface area contributed by atoms with Crippen LogP contribution in [0.1, 0.15) is 25.5 Å². The maximum Gasteiger partial charge on any atom is 0.406 e. The number of hydrogen-bond donors (Lipinski definition) is 2. The molecule has 0 saturated heterocycles. The van der Waals surface area contributed by atoms with Crippen LogP contribution in [0.5, 0.6) is 0 Å². The molecule has 1 aliphatic carbocycles. The van der Waals surface area contributed by atoms with Gasteiger partial charge in [-0.2, -0.15) is 13.2 Å². The molecule has 1 saturated carbocycles. The van der Waals surface area contributed by atoms with Crippen molar-refractivity contribution in [3.63, 3.8) is 0 Å². The molecular weight excluding hydrogens is 261 g/mol. The molecule has 0 spiro atoms. The van der Waals surface area contributed by atoms with Crippen LogP contribution in [0.15, 0.2) is 22.8 Å². The van der Waals surface area contributed by atoms with Crippen molar-refractivity contribution in [3.05, 3.63) is 24.2 Å². The van der Waals surface area contributed by atoms with Gasteiger partial charge < -0.3 is 9.73 Å². The van der Waals surface area contributed by atoms with Crippen molar-refractivity contribution >= 4 is 5.91 Å². The van der Waals surface area contributed by atoms with Crippen LogP contribution in [0.4, 0.5) is 13.2 Å². The highest BCUT2D eigenvalue weighted by Crippen LogP contribution is 2.49. The predicted octanol–water partition coefficient (Wildman–Crippen LogP) is 1.97. The first-order chi connectivity index (χ1) is 8.84. The number of carbonyl (C=O) groups excluding carboxylic acids is 1. The van der Waals surface area contributed by atoms with Crippen LogP contribution in [0.25, 0.3) is 0 Å². The maximum absolute atomic E-state index is 12.7. The fraction of sp³-hybridized carbons (Fsp3) is 0.583. The van der Waals surface area contributed by atoms with Gasteiger partial charge >= 0.3 is 6.18 Å². The Bertz CT molecular complexity index is 438. The Morgan fingerprint density at radius 2 is 2.21 bits per heavy atom.